The zero-order valence-electron chi connectivity index (χ0n) is 15.3. The number of nitrogens with zero attached hydrogens (tertiary/aromatic N) is 1. The largest absolute Gasteiger partial charge is 0.489 e. The number of ether oxygens (including phenoxy) is 1. The summed E-state index contributed by atoms with van der Waals surface area (Å²) < 4.78 is 5.80. The molecule has 138 valence electrons. The predicted molar refractivity (Wildman–Crippen MR) is 104 cm³/mol. The number of piperidine rings is 1. The van der Waals surface area contributed by atoms with Crippen molar-refractivity contribution < 1.29 is 9.53 Å². The molecule has 0 bridgehead atoms. The van der Waals surface area contributed by atoms with E-state index in [0.717, 1.165) is 24.3 Å². The SMILES string of the molecule is O=C(NCCCN1CCCCC1)c1cccc(OCc2ccccc2)c1. The van der Waals surface area contributed by atoms with Crippen molar-refractivity contribution in [2.45, 2.75) is 32.3 Å². The van der Waals surface area contributed by atoms with E-state index in [1.165, 1.54) is 32.4 Å². The van der Waals surface area contributed by atoms with E-state index < -0.39 is 0 Å². The second-order valence-electron chi connectivity index (χ2n) is 6.81. The van der Waals surface area contributed by atoms with E-state index in [0.29, 0.717) is 18.7 Å². The second-order valence-corrected chi connectivity index (χ2v) is 6.81. The molecular formula is C22H28N2O2. The number of carbonyl (C=O) groups is 1. The van der Waals surface area contributed by atoms with Gasteiger partial charge in [-0.1, -0.05) is 42.8 Å². The molecule has 3 rings (SSSR count). The fraction of sp³-hybridized carbons (Fsp3) is 0.409. The minimum atomic E-state index is -0.0335. The average molecular weight is 352 g/mol. The molecule has 1 amide bonds. The van der Waals surface area contributed by atoms with Gasteiger partial charge in [0.2, 0.25) is 0 Å². The third-order valence-electron chi connectivity index (χ3n) is 4.73. The number of amides is 1. The molecule has 0 saturated carbocycles. The first kappa shape index (κ1) is 18.5. The molecule has 0 aromatic heterocycles. The summed E-state index contributed by atoms with van der Waals surface area (Å²) in [5, 5.41) is 3.02. The monoisotopic (exact) mass is 352 g/mol. The van der Waals surface area contributed by atoms with Crippen LogP contribution in [0.15, 0.2) is 54.6 Å². The number of carbonyl (C=O) groups excluding carboxylic acids is 1. The first-order valence-corrected chi connectivity index (χ1v) is 9.58. The molecule has 2 aromatic carbocycles. The lowest BCUT2D eigenvalue weighted by molar-refractivity contribution is 0.0950. The molecule has 4 heteroatoms. The molecule has 0 spiro atoms. The number of hydrogen-bond acceptors (Lipinski definition) is 3. The van der Waals surface area contributed by atoms with Gasteiger partial charge in [-0.25, -0.2) is 0 Å². The Balaban J connectivity index is 1.42. The average Bonchev–Trinajstić information content (AvgIpc) is 2.71. The van der Waals surface area contributed by atoms with Crippen LogP contribution in [0.4, 0.5) is 0 Å². The third-order valence-corrected chi connectivity index (χ3v) is 4.73. The summed E-state index contributed by atoms with van der Waals surface area (Å²) in [6, 6.07) is 17.4. The number of likely N-dealkylation sites (tertiary alicyclic amines) is 1. The standard InChI is InChI=1S/C22H28N2O2/c25-22(23-13-8-16-24-14-5-2-6-15-24)20-11-7-12-21(17-20)26-18-19-9-3-1-4-10-19/h1,3-4,7,9-12,17H,2,5-6,8,13-16,18H2,(H,23,25). The Morgan fingerprint density at radius 3 is 2.62 bits per heavy atom. The van der Waals surface area contributed by atoms with Gasteiger partial charge in [0.15, 0.2) is 0 Å². The Morgan fingerprint density at radius 2 is 1.81 bits per heavy atom. The Morgan fingerprint density at radius 1 is 1.00 bits per heavy atom. The summed E-state index contributed by atoms with van der Waals surface area (Å²) in [5.74, 6) is 0.684. The smallest absolute Gasteiger partial charge is 0.251 e. The van der Waals surface area contributed by atoms with Crippen LogP contribution in [0.3, 0.4) is 0 Å². The first-order valence-electron chi connectivity index (χ1n) is 9.58. The van der Waals surface area contributed by atoms with Gasteiger partial charge in [0, 0.05) is 12.1 Å². The van der Waals surface area contributed by atoms with E-state index >= 15 is 0 Å². The van der Waals surface area contributed by atoms with Crippen LogP contribution in [0, 0.1) is 0 Å². The maximum absolute atomic E-state index is 12.3. The molecule has 4 nitrogen and oxygen atoms in total. The van der Waals surface area contributed by atoms with Gasteiger partial charge in [0.1, 0.15) is 12.4 Å². The second kappa shape index (κ2) is 9.97. The van der Waals surface area contributed by atoms with E-state index in [1.807, 2.05) is 54.6 Å². The molecule has 0 unspecified atom stereocenters. The minimum absolute atomic E-state index is 0.0335. The lowest BCUT2D eigenvalue weighted by atomic mass is 10.1. The zero-order chi connectivity index (χ0) is 18.0. The van der Waals surface area contributed by atoms with Crippen molar-refractivity contribution in [1.82, 2.24) is 10.2 Å². The summed E-state index contributed by atoms with van der Waals surface area (Å²) in [4.78, 5) is 14.8. The third kappa shape index (κ3) is 5.88. The van der Waals surface area contributed by atoms with E-state index in [4.69, 9.17) is 4.74 Å². The van der Waals surface area contributed by atoms with Crippen LogP contribution in [0.2, 0.25) is 0 Å². The highest BCUT2D eigenvalue weighted by Gasteiger charge is 2.10. The molecule has 1 aliphatic heterocycles. The number of hydrogen-bond donors (Lipinski definition) is 1. The van der Waals surface area contributed by atoms with Gasteiger partial charge in [0.05, 0.1) is 0 Å². The fourth-order valence-electron chi connectivity index (χ4n) is 3.26. The summed E-state index contributed by atoms with van der Waals surface area (Å²) in [6.45, 7) is 4.69. The lowest BCUT2D eigenvalue weighted by Gasteiger charge is -2.26. The van der Waals surface area contributed by atoms with E-state index in [9.17, 15) is 4.79 Å². The van der Waals surface area contributed by atoms with E-state index in [1.54, 1.807) is 0 Å². The topological polar surface area (TPSA) is 41.6 Å². The van der Waals surface area contributed by atoms with Crippen molar-refractivity contribution in [3.63, 3.8) is 0 Å². The van der Waals surface area contributed by atoms with Crippen LogP contribution in [0.25, 0.3) is 0 Å². The molecule has 0 radical (unpaired) electrons. The van der Waals surface area contributed by atoms with Gasteiger partial charge in [-0.3, -0.25) is 4.79 Å². The summed E-state index contributed by atoms with van der Waals surface area (Å²) in [6.07, 6.45) is 4.97. The maximum Gasteiger partial charge on any atom is 0.251 e. The molecular weight excluding hydrogens is 324 g/mol. The van der Waals surface area contributed by atoms with Gasteiger partial charge in [-0.2, -0.15) is 0 Å². The summed E-state index contributed by atoms with van der Waals surface area (Å²) in [7, 11) is 0. The molecule has 1 heterocycles. The Bertz CT molecular complexity index is 682. The highest BCUT2D eigenvalue weighted by Crippen LogP contribution is 2.15. The summed E-state index contributed by atoms with van der Waals surface area (Å²) in [5.41, 5.74) is 1.76. The van der Waals surface area contributed by atoms with Gasteiger partial charge < -0.3 is 15.0 Å². The molecule has 1 N–H and O–H groups in total. The highest BCUT2D eigenvalue weighted by molar-refractivity contribution is 5.94. The molecule has 1 aliphatic rings. The lowest BCUT2D eigenvalue weighted by Crippen LogP contribution is -2.33. The Hall–Kier alpha value is -2.33. The van der Waals surface area contributed by atoms with Crippen molar-refractivity contribution in [2.75, 3.05) is 26.2 Å². The van der Waals surface area contributed by atoms with Crippen LogP contribution in [0.1, 0.15) is 41.6 Å². The number of nitrogens with one attached hydrogen (secondary N) is 1. The van der Waals surface area contributed by atoms with Crippen molar-refractivity contribution in [1.29, 1.82) is 0 Å². The Kier molecular flexibility index (Phi) is 7.08. The molecule has 26 heavy (non-hydrogen) atoms. The van der Waals surface area contributed by atoms with E-state index in [-0.39, 0.29) is 5.91 Å². The van der Waals surface area contributed by atoms with Crippen LogP contribution < -0.4 is 10.1 Å². The molecule has 0 atom stereocenters. The minimum Gasteiger partial charge on any atom is -0.489 e. The van der Waals surface area contributed by atoms with Crippen LogP contribution in [-0.2, 0) is 6.61 Å². The van der Waals surface area contributed by atoms with E-state index in [2.05, 4.69) is 10.2 Å². The quantitative estimate of drug-likeness (QED) is 0.733. The Labute approximate surface area is 156 Å². The van der Waals surface area contributed by atoms with Crippen LogP contribution in [-0.4, -0.2) is 37.0 Å². The predicted octanol–water partition coefficient (Wildman–Crippen LogP) is 3.87. The molecule has 1 fully saturated rings. The van der Waals surface area contributed by atoms with Crippen molar-refractivity contribution in [3.05, 3.63) is 65.7 Å². The van der Waals surface area contributed by atoms with Crippen molar-refractivity contribution in [3.8, 4) is 5.75 Å². The molecule has 0 aliphatic carbocycles. The zero-order valence-corrected chi connectivity index (χ0v) is 15.3. The maximum atomic E-state index is 12.3. The number of benzene rings is 2. The number of rotatable bonds is 8. The van der Waals surface area contributed by atoms with Crippen LogP contribution >= 0.6 is 0 Å². The van der Waals surface area contributed by atoms with Gasteiger partial charge in [-0.05, 0) is 62.7 Å². The van der Waals surface area contributed by atoms with Gasteiger partial charge >= 0.3 is 0 Å². The molecule has 2 aromatic rings. The summed E-state index contributed by atoms with van der Waals surface area (Å²) >= 11 is 0. The van der Waals surface area contributed by atoms with Crippen molar-refractivity contribution >= 4 is 5.91 Å². The van der Waals surface area contributed by atoms with Crippen LogP contribution in [0.5, 0.6) is 5.75 Å². The fourth-order valence-corrected chi connectivity index (χ4v) is 3.26. The van der Waals surface area contributed by atoms with Gasteiger partial charge in [-0.15, -0.1) is 0 Å². The van der Waals surface area contributed by atoms with Gasteiger partial charge in [0.25, 0.3) is 5.91 Å². The molecule has 1 saturated heterocycles. The first-order chi connectivity index (χ1) is 12.8. The highest BCUT2D eigenvalue weighted by atomic mass is 16.5. The van der Waals surface area contributed by atoms with Crippen molar-refractivity contribution in [2.24, 2.45) is 0 Å². The normalized spacial score (nSPS) is 14.8.